The average molecular weight is 343 g/mol. The molecule has 4 rings (SSSR count). The van der Waals surface area contributed by atoms with Crippen molar-refractivity contribution in [3.63, 3.8) is 0 Å². The van der Waals surface area contributed by atoms with Gasteiger partial charge in [-0.2, -0.15) is 15.9 Å². The summed E-state index contributed by atoms with van der Waals surface area (Å²) in [6, 6.07) is 5.49. The van der Waals surface area contributed by atoms with Crippen LogP contribution in [0.25, 0.3) is 17.0 Å². The Morgan fingerprint density at radius 1 is 1.38 bits per heavy atom. The number of aromatic nitrogens is 4. The van der Waals surface area contributed by atoms with Crippen LogP contribution in [0.15, 0.2) is 29.0 Å². The molecule has 1 aliphatic rings. The topological polar surface area (TPSA) is 72.6 Å². The molecule has 0 saturated carbocycles. The first-order valence-corrected chi connectivity index (χ1v) is 8.90. The van der Waals surface area contributed by atoms with E-state index in [1.54, 1.807) is 15.9 Å². The minimum atomic E-state index is -0.268. The number of hydrogen-bond donors (Lipinski definition) is 0. The summed E-state index contributed by atoms with van der Waals surface area (Å²) in [5.74, 6) is 1.27. The van der Waals surface area contributed by atoms with Crippen LogP contribution in [0.3, 0.4) is 0 Å². The summed E-state index contributed by atoms with van der Waals surface area (Å²) in [6.07, 6.45) is 1.74. The lowest BCUT2D eigenvalue weighted by atomic mass is 10.2. The molecule has 24 heavy (non-hydrogen) atoms. The van der Waals surface area contributed by atoms with Crippen LogP contribution in [-0.2, 0) is 9.53 Å². The second-order valence-electron chi connectivity index (χ2n) is 5.60. The molecule has 1 fully saturated rings. The molecular formula is C16H17N5O2S. The van der Waals surface area contributed by atoms with Gasteiger partial charge in [0.25, 0.3) is 0 Å². The lowest BCUT2D eigenvalue weighted by Crippen LogP contribution is -2.38. The highest BCUT2D eigenvalue weighted by Gasteiger charge is 2.33. The number of fused-ring (bicyclic) bond motifs is 1. The second kappa shape index (κ2) is 6.20. The van der Waals surface area contributed by atoms with Crippen LogP contribution < -0.4 is 4.90 Å². The Hall–Kier alpha value is -2.48. The Kier molecular flexibility index (Phi) is 3.89. The Bertz CT molecular complexity index is 861. The maximum atomic E-state index is 12.2. The van der Waals surface area contributed by atoms with Gasteiger partial charge in [0.15, 0.2) is 11.5 Å². The summed E-state index contributed by atoms with van der Waals surface area (Å²) in [5.41, 5.74) is 1.67. The van der Waals surface area contributed by atoms with Crippen LogP contribution in [0.5, 0.6) is 0 Å². The lowest BCUT2D eigenvalue weighted by Gasteiger charge is -2.23. The molecule has 1 aliphatic heterocycles. The number of anilines is 1. The van der Waals surface area contributed by atoms with E-state index in [0.29, 0.717) is 18.1 Å². The van der Waals surface area contributed by atoms with Crippen molar-refractivity contribution >= 4 is 28.8 Å². The van der Waals surface area contributed by atoms with Gasteiger partial charge in [0.1, 0.15) is 11.9 Å². The predicted molar refractivity (Wildman–Crippen MR) is 91.1 cm³/mol. The number of nitrogens with zero attached hydrogens (tertiary/aromatic N) is 5. The van der Waals surface area contributed by atoms with Gasteiger partial charge in [0, 0.05) is 17.5 Å². The Balaban J connectivity index is 1.72. The first-order chi connectivity index (χ1) is 11.8. The van der Waals surface area contributed by atoms with Crippen molar-refractivity contribution in [2.75, 3.05) is 18.1 Å². The molecule has 0 aliphatic carbocycles. The zero-order valence-electron chi connectivity index (χ0n) is 13.3. The maximum absolute atomic E-state index is 12.2. The van der Waals surface area contributed by atoms with Crippen LogP contribution >= 0.6 is 11.3 Å². The quantitative estimate of drug-likeness (QED) is 0.677. The zero-order valence-corrected chi connectivity index (χ0v) is 14.1. The van der Waals surface area contributed by atoms with Gasteiger partial charge in [-0.05, 0) is 43.3 Å². The fraction of sp³-hybridized carbons (Fsp3) is 0.375. The predicted octanol–water partition coefficient (Wildman–Crippen LogP) is 2.38. The van der Waals surface area contributed by atoms with Gasteiger partial charge in [-0.1, -0.05) is 0 Å². The number of carbonyl (C=O) groups is 1. The van der Waals surface area contributed by atoms with E-state index in [1.807, 2.05) is 40.8 Å². The molecule has 0 radical (unpaired) electrons. The van der Waals surface area contributed by atoms with Gasteiger partial charge in [-0.3, -0.25) is 0 Å². The van der Waals surface area contributed by atoms with Crippen molar-refractivity contribution in [1.82, 2.24) is 19.8 Å². The summed E-state index contributed by atoms with van der Waals surface area (Å²) < 4.78 is 6.93. The number of esters is 1. The van der Waals surface area contributed by atoms with Gasteiger partial charge in [-0.25, -0.2) is 4.79 Å². The third-order valence-electron chi connectivity index (χ3n) is 4.13. The van der Waals surface area contributed by atoms with Gasteiger partial charge in [0.2, 0.25) is 0 Å². The van der Waals surface area contributed by atoms with E-state index in [1.165, 1.54) is 0 Å². The van der Waals surface area contributed by atoms with E-state index in [-0.39, 0.29) is 12.0 Å². The van der Waals surface area contributed by atoms with Gasteiger partial charge in [-0.15, -0.1) is 15.3 Å². The molecule has 124 valence electrons. The SMILES string of the molecule is CCOC(=O)C1CCCN1c1ccc2nnc(-c3ccsc3)n2n1. The van der Waals surface area contributed by atoms with E-state index >= 15 is 0 Å². The summed E-state index contributed by atoms with van der Waals surface area (Å²) in [4.78, 5) is 14.2. The molecule has 0 N–H and O–H groups in total. The fourth-order valence-electron chi connectivity index (χ4n) is 3.03. The Labute approximate surface area is 142 Å². The van der Waals surface area contributed by atoms with E-state index in [4.69, 9.17) is 4.74 Å². The molecule has 7 nitrogen and oxygen atoms in total. The van der Waals surface area contributed by atoms with E-state index in [0.717, 1.165) is 30.8 Å². The normalized spacial score (nSPS) is 17.5. The highest BCUT2D eigenvalue weighted by molar-refractivity contribution is 7.08. The lowest BCUT2D eigenvalue weighted by molar-refractivity contribution is -0.144. The van der Waals surface area contributed by atoms with Crippen molar-refractivity contribution in [3.8, 4) is 11.4 Å². The van der Waals surface area contributed by atoms with Crippen molar-refractivity contribution in [2.45, 2.75) is 25.8 Å². The highest BCUT2D eigenvalue weighted by Crippen LogP contribution is 2.26. The molecule has 8 heteroatoms. The minimum absolute atomic E-state index is 0.182. The van der Waals surface area contributed by atoms with Crippen molar-refractivity contribution in [2.24, 2.45) is 0 Å². The van der Waals surface area contributed by atoms with E-state index in [9.17, 15) is 4.79 Å². The number of ether oxygens (including phenoxy) is 1. The average Bonchev–Trinajstić information content (AvgIpc) is 3.33. The molecule has 1 unspecified atom stereocenters. The number of hydrogen-bond acceptors (Lipinski definition) is 7. The Morgan fingerprint density at radius 3 is 3.08 bits per heavy atom. The molecule has 0 bridgehead atoms. The zero-order chi connectivity index (χ0) is 16.5. The molecule has 3 aromatic rings. The summed E-state index contributed by atoms with van der Waals surface area (Å²) in [7, 11) is 0. The molecule has 1 atom stereocenters. The van der Waals surface area contributed by atoms with Crippen LogP contribution in [0.2, 0.25) is 0 Å². The summed E-state index contributed by atoms with van der Waals surface area (Å²) in [6.45, 7) is 3.01. The highest BCUT2D eigenvalue weighted by atomic mass is 32.1. The molecular weight excluding hydrogens is 326 g/mol. The monoisotopic (exact) mass is 343 g/mol. The minimum Gasteiger partial charge on any atom is -0.464 e. The molecule has 1 saturated heterocycles. The fourth-order valence-corrected chi connectivity index (χ4v) is 3.66. The molecule has 3 aromatic heterocycles. The smallest absolute Gasteiger partial charge is 0.328 e. The second-order valence-corrected chi connectivity index (χ2v) is 6.38. The van der Waals surface area contributed by atoms with E-state index < -0.39 is 0 Å². The van der Waals surface area contributed by atoms with Crippen molar-refractivity contribution in [1.29, 1.82) is 0 Å². The van der Waals surface area contributed by atoms with E-state index in [2.05, 4.69) is 15.3 Å². The Morgan fingerprint density at radius 2 is 2.29 bits per heavy atom. The summed E-state index contributed by atoms with van der Waals surface area (Å²) >= 11 is 1.61. The van der Waals surface area contributed by atoms with Crippen LogP contribution in [0, 0.1) is 0 Å². The molecule has 0 spiro atoms. The van der Waals surface area contributed by atoms with Crippen LogP contribution in [0.4, 0.5) is 5.82 Å². The number of carbonyl (C=O) groups excluding carboxylic acids is 1. The summed E-state index contributed by atoms with van der Waals surface area (Å²) in [5, 5.41) is 17.1. The number of rotatable bonds is 4. The maximum Gasteiger partial charge on any atom is 0.328 e. The van der Waals surface area contributed by atoms with Gasteiger partial charge in [0.05, 0.1) is 6.61 Å². The molecule has 4 heterocycles. The van der Waals surface area contributed by atoms with Gasteiger partial charge < -0.3 is 9.64 Å². The first-order valence-electron chi connectivity index (χ1n) is 7.96. The van der Waals surface area contributed by atoms with Crippen LogP contribution in [0.1, 0.15) is 19.8 Å². The van der Waals surface area contributed by atoms with Crippen molar-refractivity contribution < 1.29 is 9.53 Å². The first kappa shape index (κ1) is 15.1. The number of thiophene rings is 1. The largest absolute Gasteiger partial charge is 0.464 e. The molecule has 0 amide bonds. The third-order valence-corrected chi connectivity index (χ3v) is 4.82. The standard InChI is InChI=1S/C16H17N5O2S/c1-2-23-16(22)12-4-3-8-20(12)14-6-5-13-17-18-15(21(13)19-14)11-7-9-24-10-11/h5-7,9-10,12H,2-4,8H2,1H3. The van der Waals surface area contributed by atoms with Crippen molar-refractivity contribution in [3.05, 3.63) is 29.0 Å². The van der Waals surface area contributed by atoms with Crippen LogP contribution in [-0.4, -0.2) is 45.0 Å². The molecule has 0 aromatic carbocycles. The van der Waals surface area contributed by atoms with Gasteiger partial charge >= 0.3 is 5.97 Å². The third kappa shape index (κ3) is 2.52.